The van der Waals surface area contributed by atoms with Gasteiger partial charge in [0, 0.05) is 7.05 Å². The van der Waals surface area contributed by atoms with Gasteiger partial charge in [-0.15, -0.1) is 0 Å². The molecule has 1 unspecified atom stereocenters. The van der Waals surface area contributed by atoms with Crippen LogP contribution in [0.5, 0.6) is 11.5 Å². The van der Waals surface area contributed by atoms with Crippen molar-refractivity contribution in [3.8, 4) is 11.5 Å². The lowest BCUT2D eigenvalue weighted by Crippen LogP contribution is -2.42. The molecule has 0 radical (unpaired) electrons. The molecule has 1 aromatic carbocycles. The van der Waals surface area contributed by atoms with Crippen LogP contribution in [0, 0.1) is 0 Å². The molecule has 1 aliphatic heterocycles. The molecule has 1 fully saturated rings. The van der Waals surface area contributed by atoms with E-state index in [2.05, 4.69) is 5.32 Å². The van der Waals surface area contributed by atoms with E-state index in [0.717, 1.165) is 19.4 Å². The third-order valence-electron chi connectivity index (χ3n) is 3.07. The first kappa shape index (κ1) is 11.7. The first-order valence-electron chi connectivity index (χ1n) is 5.62. The van der Waals surface area contributed by atoms with Gasteiger partial charge in [0.2, 0.25) is 0 Å². The molecule has 5 nitrogen and oxygen atoms in total. The number of carbonyl (C=O) groups is 1. The quantitative estimate of drug-likeness (QED) is 0.666. The van der Waals surface area contributed by atoms with Crippen molar-refractivity contribution in [2.75, 3.05) is 13.6 Å². The van der Waals surface area contributed by atoms with Crippen LogP contribution in [0.4, 0.5) is 0 Å². The Kier molecular flexibility index (Phi) is 3.19. The van der Waals surface area contributed by atoms with Crippen molar-refractivity contribution in [2.45, 2.75) is 19.0 Å². The molecule has 3 N–H and O–H groups in total. The summed E-state index contributed by atoms with van der Waals surface area (Å²) in [5.74, 6) is -0.927. The zero-order valence-electron chi connectivity index (χ0n) is 9.68. The molecule has 1 atom stereocenters. The van der Waals surface area contributed by atoms with E-state index in [1.54, 1.807) is 11.9 Å². The van der Waals surface area contributed by atoms with Gasteiger partial charge in [-0.2, -0.15) is 0 Å². The summed E-state index contributed by atoms with van der Waals surface area (Å²) in [6, 6.07) is 4.39. The highest BCUT2D eigenvalue weighted by molar-refractivity contribution is 5.97. The lowest BCUT2D eigenvalue weighted by atomic mass is 10.1. The van der Waals surface area contributed by atoms with E-state index in [1.807, 2.05) is 0 Å². The van der Waals surface area contributed by atoms with Gasteiger partial charge < -0.3 is 15.1 Å². The fourth-order valence-electron chi connectivity index (χ4n) is 2.03. The number of rotatable bonds is 2. The van der Waals surface area contributed by atoms with Crippen LogP contribution in [0.15, 0.2) is 18.2 Å². The number of phenols is 2. The Morgan fingerprint density at radius 3 is 2.88 bits per heavy atom. The third kappa shape index (κ3) is 2.19. The Morgan fingerprint density at radius 2 is 2.24 bits per heavy atom. The topological polar surface area (TPSA) is 72.8 Å². The normalized spacial score (nSPS) is 19.2. The van der Waals surface area contributed by atoms with Crippen LogP contribution in [0.3, 0.4) is 0 Å². The van der Waals surface area contributed by atoms with Gasteiger partial charge in [0.15, 0.2) is 11.5 Å². The summed E-state index contributed by atoms with van der Waals surface area (Å²) in [7, 11) is 1.69. The minimum absolute atomic E-state index is 0.00393. The maximum atomic E-state index is 12.1. The zero-order valence-corrected chi connectivity index (χ0v) is 9.68. The Bertz CT molecular complexity index is 428. The van der Waals surface area contributed by atoms with E-state index >= 15 is 0 Å². The van der Waals surface area contributed by atoms with Crippen LogP contribution in [-0.4, -0.2) is 40.8 Å². The highest BCUT2D eigenvalue weighted by Crippen LogP contribution is 2.29. The van der Waals surface area contributed by atoms with Crippen molar-refractivity contribution in [1.29, 1.82) is 0 Å². The van der Waals surface area contributed by atoms with E-state index in [9.17, 15) is 15.0 Å². The smallest absolute Gasteiger partial charge is 0.258 e. The maximum Gasteiger partial charge on any atom is 0.258 e. The van der Waals surface area contributed by atoms with Crippen molar-refractivity contribution in [1.82, 2.24) is 10.2 Å². The van der Waals surface area contributed by atoms with Gasteiger partial charge in [-0.3, -0.25) is 10.1 Å². The molecule has 0 bridgehead atoms. The van der Waals surface area contributed by atoms with E-state index in [0.29, 0.717) is 0 Å². The van der Waals surface area contributed by atoms with Crippen LogP contribution in [-0.2, 0) is 0 Å². The second-order valence-electron chi connectivity index (χ2n) is 4.20. The van der Waals surface area contributed by atoms with Gasteiger partial charge in [-0.25, -0.2) is 0 Å². The van der Waals surface area contributed by atoms with Gasteiger partial charge in [-0.05, 0) is 31.5 Å². The average Bonchev–Trinajstić information content (AvgIpc) is 2.84. The van der Waals surface area contributed by atoms with Crippen LogP contribution >= 0.6 is 0 Å². The number of nitrogens with one attached hydrogen (secondary N) is 1. The minimum Gasteiger partial charge on any atom is -0.504 e. The fourth-order valence-corrected chi connectivity index (χ4v) is 2.03. The van der Waals surface area contributed by atoms with Crippen molar-refractivity contribution < 1.29 is 15.0 Å². The molecule has 1 aromatic rings. The zero-order chi connectivity index (χ0) is 12.4. The molecule has 1 aliphatic rings. The van der Waals surface area contributed by atoms with E-state index < -0.39 is 0 Å². The Morgan fingerprint density at radius 1 is 1.47 bits per heavy atom. The highest BCUT2D eigenvalue weighted by atomic mass is 16.3. The number of aromatic hydroxyl groups is 2. The van der Waals surface area contributed by atoms with Gasteiger partial charge in [0.05, 0.1) is 11.7 Å². The van der Waals surface area contributed by atoms with Crippen molar-refractivity contribution in [3.05, 3.63) is 23.8 Å². The Balaban J connectivity index is 2.21. The summed E-state index contributed by atoms with van der Waals surface area (Å²) in [4.78, 5) is 13.7. The molecular weight excluding hydrogens is 220 g/mol. The third-order valence-corrected chi connectivity index (χ3v) is 3.07. The summed E-state index contributed by atoms with van der Waals surface area (Å²) in [6.45, 7) is 0.897. The molecule has 1 amide bonds. The molecule has 0 aromatic heterocycles. The second kappa shape index (κ2) is 4.63. The second-order valence-corrected chi connectivity index (χ2v) is 4.20. The Hall–Kier alpha value is -1.75. The monoisotopic (exact) mass is 236 g/mol. The van der Waals surface area contributed by atoms with Crippen LogP contribution in [0.2, 0.25) is 0 Å². The molecule has 5 heteroatoms. The number of nitrogens with zero attached hydrogens (tertiary/aromatic N) is 1. The van der Waals surface area contributed by atoms with E-state index in [-0.39, 0.29) is 29.1 Å². The molecule has 1 heterocycles. The van der Waals surface area contributed by atoms with Crippen LogP contribution < -0.4 is 5.32 Å². The number of hydrogen-bond donors (Lipinski definition) is 3. The number of carbonyl (C=O) groups excluding carboxylic acids is 1. The summed E-state index contributed by atoms with van der Waals surface area (Å²) >= 11 is 0. The minimum atomic E-state index is -0.359. The fraction of sp³-hybridized carbons (Fsp3) is 0.417. The van der Waals surface area contributed by atoms with Crippen molar-refractivity contribution in [3.63, 3.8) is 0 Å². The molecule has 0 saturated carbocycles. The summed E-state index contributed by atoms with van der Waals surface area (Å²) in [5.41, 5.74) is 0.126. The molecule has 0 spiro atoms. The van der Waals surface area contributed by atoms with Crippen LogP contribution in [0.25, 0.3) is 0 Å². The standard InChI is InChI=1S/C12H16N2O3/c1-14(10-6-3-7-13-10)12(17)8-4-2-5-9(15)11(8)16/h2,4-5,10,13,15-16H,3,6-7H2,1H3. The molecule has 17 heavy (non-hydrogen) atoms. The van der Waals surface area contributed by atoms with E-state index in [4.69, 9.17) is 0 Å². The predicted octanol–water partition coefficient (Wildman–Crippen LogP) is 0.879. The van der Waals surface area contributed by atoms with Crippen molar-refractivity contribution in [2.24, 2.45) is 0 Å². The summed E-state index contributed by atoms with van der Waals surface area (Å²) in [6.07, 6.45) is 1.94. The lowest BCUT2D eigenvalue weighted by molar-refractivity contribution is 0.0715. The average molecular weight is 236 g/mol. The Labute approximate surface area is 99.7 Å². The molecule has 92 valence electrons. The number of para-hydroxylation sites is 1. The van der Waals surface area contributed by atoms with Gasteiger partial charge in [0.25, 0.3) is 5.91 Å². The lowest BCUT2D eigenvalue weighted by Gasteiger charge is -2.24. The van der Waals surface area contributed by atoms with Crippen LogP contribution in [0.1, 0.15) is 23.2 Å². The molecule has 0 aliphatic carbocycles. The molecule has 1 saturated heterocycles. The number of hydrogen-bond acceptors (Lipinski definition) is 4. The predicted molar refractivity (Wildman–Crippen MR) is 62.9 cm³/mol. The SMILES string of the molecule is CN(C(=O)c1cccc(O)c1O)C1CCCN1. The highest BCUT2D eigenvalue weighted by Gasteiger charge is 2.25. The maximum absolute atomic E-state index is 12.1. The number of amides is 1. The summed E-state index contributed by atoms with van der Waals surface area (Å²) in [5, 5.41) is 22.2. The number of phenolic OH excluding ortho intramolecular Hbond substituents is 2. The number of benzene rings is 1. The largest absolute Gasteiger partial charge is 0.504 e. The van der Waals surface area contributed by atoms with Gasteiger partial charge >= 0.3 is 0 Å². The summed E-state index contributed by atoms with van der Waals surface area (Å²) < 4.78 is 0. The first-order chi connectivity index (χ1) is 8.11. The van der Waals surface area contributed by atoms with Crippen molar-refractivity contribution >= 4 is 5.91 Å². The molecule has 2 rings (SSSR count). The first-order valence-corrected chi connectivity index (χ1v) is 5.62. The van der Waals surface area contributed by atoms with Gasteiger partial charge in [0.1, 0.15) is 0 Å². The van der Waals surface area contributed by atoms with E-state index in [1.165, 1.54) is 18.2 Å². The molecular formula is C12H16N2O3. The van der Waals surface area contributed by atoms with Gasteiger partial charge in [-0.1, -0.05) is 6.07 Å².